The van der Waals surface area contributed by atoms with Crippen LogP contribution in [0.3, 0.4) is 0 Å². The van der Waals surface area contributed by atoms with Crippen LogP contribution in [0.4, 0.5) is 5.69 Å². The summed E-state index contributed by atoms with van der Waals surface area (Å²) in [5.74, 6) is -0.300. The van der Waals surface area contributed by atoms with E-state index in [1.807, 2.05) is 42.5 Å². The highest BCUT2D eigenvalue weighted by molar-refractivity contribution is 6.42. The molecule has 2 aliphatic rings. The van der Waals surface area contributed by atoms with Crippen LogP contribution in [0, 0.1) is 0 Å². The molecule has 2 aliphatic heterocycles. The molecule has 3 N–H and O–H groups in total. The largest absolute Gasteiger partial charge is 0.371 e. The highest BCUT2D eigenvalue weighted by Gasteiger charge is 2.43. The van der Waals surface area contributed by atoms with E-state index in [0.717, 1.165) is 24.3 Å². The molecule has 2 aromatic rings. The fourth-order valence-electron chi connectivity index (χ4n) is 5.03. The Morgan fingerprint density at radius 3 is 2.34 bits per heavy atom. The number of ether oxygens (including phenoxy) is 1. The van der Waals surface area contributed by atoms with E-state index in [0.29, 0.717) is 55.5 Å². The van der Waals surface area contributed by atoms with Gasteiger partial charge in [0.15, 0.2) is 0 Å². The average molecular weight is 519 g/mol. The van der Waals surface area contributed by atoms with Crippen LogP contribution in [0.5, 0.6) is 0 Å². The Labute approximate surface area is 216 Å². The Bertz CT molecular complexity index is 1060. The number of nitrogens with two attached hydrogens (primary N) is 1. The number of para-hydroxylation sites is 1. The molecule has 2 aromatic carbocycles. The molecule has 9 heteroatoms. The maximum absolute atomic E-state index is 12.4. The fraction of sp³-hybridized carbons (Fsp3) is 0.462. The van der Waals surface area contributed by atoms with Gasteiger partial charge in [0.1, 0.15) is 11.1 Å². The standard InChI is InChI=1S/C26H32Cl2N4O3/c1-19(33)32-14-11-26(18-32,20-7-8-22(27)23(28)17-20)35-16-15-31-12-9-25(10-13-31,24(29)34)30-21-5-3-2-4-6-21/h2-8,17,30H,9-16,18H2,1H3,(H2,29,34). The van der Waals surface area contributed by atoms with Gasteiger partial charge in [-0.05, 0) is 49.1 Å². The second kappa shape index (κ2) is 10.7. The molecule has 0 spiro atoms. The maximum atomic E-state index is 12.4. The van der Waals surface area contributed by atoms with E-state index in [4.69, 9.17) is 33.7 Å². The summed E-state index contributed by atoms with van der Waals surface area (Å²) in [6, 6.07) is 15.2. The van der Waals surface area contributed by atoms with Crippen LogP contribution in [-0.2, 0) is 19.9 Å². The number of likely N-dealkylation sites (tertiary alicyclic amines) is 2. The number of nitrogens with one attached hydrogen (secondary N) is 1. The zero-order chi connectivity index (χ0) is 25.1. The molecule has 0 bridgehead atoms. The molecule has 188 valence electrons. The Kier molecular flexibility index (Phi) is 7.91. The van der Waals surface area contributed by atoms with Crippen LogP contribution >= 0.6 is 23.2 Å². The SMILES string of the molecule is CC(=O)N1CCC(OCCN2CCC(Nc3ccccc3)(C(N)=O)CC2)(c2ccc(Cl)c(Cl)c2)C1. The third kappa shape index (κ3) is 5.75. The summed E-state index contributed by atoms with van der Waals surface area (Å²) in [4.78, 5) is 28.5. The van der Waals surface area contributed by atoms with Crippen LogP contribution in [0.1, 0.15) is 31.7 Å². The van der Waals surface area contributed by atoms with Crippen molar-refractivity contribution in [3.8, 4) is 0 Å². The molecule has 1 atom stereocenters. The van der Waals surface area contributed by atoms with Gasteiger partial charge in [-0.1, -0.05) is 47.5 Å². The van der Waals surface area contributed by atoms with E-state index in [9.17, 15) is 9.59 Å². The van der Waals surface area contributed by atoms with Crippen molar-refractivity contribution in [2.75, 3.05) is 44.6 Å². The van der Waals surface area contributed by atoms with Crippen molar-refractivity contribution in [1.29, 1.82) is 0 Å². The van der Waals surface area contributed by atoms with Gasteiger partial charge in [-0.25, -0.2) is 0 Å². The number of anilines is 1. The predicted octanol–water partition coefficient (Wildman–Crippen LogP) is 3.89. The first-order valence-electron chi connectivity index (χ1n) is 11.9. The molecule has 0 saturated carbocycles. The van der Waals surface area contributed by atoms with E-state index in [2.05, 4.69) is 10.2 Å². The Morgan fingerprint density at radius 2 is 1.74 bits per heavy atom. The fourth-order valence-corrected chi connectivity index (χ4v) is 5.32. The lowest BCUT2D eigenvalue weighted by Crippen LogP contribution is -2.57. The Balaban J connectivity index is 1.38. The normalized spacial score (nSPS) is 22.2. The molecule has 4 rings (SSSR count). The summed E-state index contributed by atoms with van der Waals surface area (Å²) >= 11 is 12.4. The van der Waals surface area contributed by atoms with Crippen LogP contribution in [-0.4, -0.2) is 66.5 Å². The molecule has 2 heterocycles. The summed E-state index contributed by atoms with van der Waals surface area (Å²) < 4.78 is 6.51. The zero-order valence-electron chi connectivity index (χ0n) is 19.9. The Hall–Kier alpha value is -2.32. The van der Waals surface area contributed by atoms with Gasteiger partial charge in [0.05, 0.1) is 23.2 Å². The molecule has 0 radical (unpaired) electrons. The molecule has 1 unspecified atom stereocenters. The smallest absolute Gasteiger partial charge is 0.243 e. The highest BCUT2D eigenvalue weighted by Crippen LogP contribution is 2.38. The molecule has 2 saturated heterocycles. The summed E-state index contributed by atoms with van der Waals surface area (Å²) in [6.45, 7) is 5.34. The summed E-state index contributed by atoms with van der Waals surface area (Å²) in [7, 11) is 0. The molecule has 7 nitrogen and oxygen atoms in total. The number of halogens is 2. The third-order valence-corrected chi connectivity index (χ3v) is 7.99. The second-order valence-electron chi connectivity index (χ2n) is 9.44. The van der Waals surface area contributed by atoms with E-state index in [1.165, 1.54) is 0 Å². The number of hydrogen-bond acceptors (Lipinski definition) is 5. The van der Waals surface area contributed by atoms with Gasteiger partial charge >= 0.3 is 0 Å². The number of carbonyl (C=O) groups is 2. The van der Waals surface area contributed by atoms with Crippen molar-refractivity contribution < 1.29 is 14.3 Å². The van der Waals surface area contributed by atoms with Crippen molar-refractivity contribution >= 4 is 40.7 Å². The maximum Gasteiger partial charge on any atom is 0.243 e. The summed E-state index contributed by atoms with van der Waals surface area (Å²) in [5.41, 5.74) is 6.26. The van der Waals surface area contributed by atoms with Gasteiger partial charge in [0.2, 0.25) is 11.8 Å². The first-order chi connectivity index (χ1) is 16.7. The van der Waals surface area contributed by atoms with Gasteiger partial charge in [0, 0.05) is 38.8 Å². The minimum Gasteiger partial charge on any atom is -0.371 e. The minimum atomic E-state index is -0.757. The lowest BCUT2D eigenvalue weighted by atomic mass is 9.86. The lowest BCUT2D eigenvalue weighted by molar-refractivity contribution is -0.130. The number of amides is 2. The average Bonchev–Trinajstić information content (AvgIpc) is 3.28. The van der Waals surface area contributed by atoms with Crippen molar-refractivity contribution in [2.24, 2.45) is 5.73 Å². The van der Waals surface area contributed by atoms with Gasteiger partial charge < -0.3 is 25.6 Å². The summed E-state index contributed by atoms with van der Waals surface area (Å²) in [6.07, 6.45) is 1.93. The van der Waals surface area contributed by atoms with Crippen molar-refractivity contribution in [1.82, 2.24) is 9.80 Å². The number of piperidine rings is 1. The number of nitrogens with zero attached hydrogens (tertiary/aromatic N) is 2. The zero-order valence-corrected chi connectivity index (χ0v) is 21.4. The lowest BCUT2D eigenvalue weighted by Gasteiger charge is -2.41. The topological polar surface area (TPSA) is 87.9 Å². The number of benzene rings is 2. The van der Waals surface area contributed by atoms with Gasteiger partial charge in [0.25, 0.3) is 0 Å². The van der Waals surface area contributed by atoms with Crippen molar-refractivity contribution in [3.63, 3.8) is 0 Å². The van der Waals surface area contributed by atoms with Crippen LogP contribution < -0.4 is 11.1 Å². The van der Waals surface area contributed by atoms with E-state index < -0.39 is 11.1 Å². The molecule has 0 aromatic heterocycles. The summed E-state index contributed by atoms with van der Waals surface area (Å²) in [5, 5.41) is 4.33. The Morgan fingerprint density at radius 1 is 1.03 bits per heavy atom. The van der Waals surface area contributed by atoms with Crippen molar-refractivity contribution in [2.45, 2.75) is 37.3 Å². The van der Waals surface area contributed by atoms with E-state index in [1.54, 1.807) is 17.9 Å². The van der Waals surface area contributed by atoms with Gasteiger partial charge in [-0.2, -0.15) is 0 Å². The first kappa shape index (κ1) is 25.8. The van der Waals surface area contributed by atoms with Crippen LogP contribution in [0.15, 0.2) is 48.5 Å². The molecule has 0 aliphatic carbocycles. The van der Waals surface area contributed by atoms with Crippen LogP contribution in [0.25, 0.3) is 0 Å². The number of primary amides is 1. The predicted molar refractivity (Wildman–Crippen MR) is 139 cm³/mol. The quantitative estimate of drug-likeness (QED) is 0.553. The molecular formula is C26H32Cl2N4O3. The minimum absolute atomic E-state index is 0.0280. The van der Waals surface area contributed by atoms with Crippen LogP contribution in [0.2, 0.25) is 10.0 Å². The van der Waals surface area contributed by atoms with Crippen molar-refractivity contribution in [3.05, 3.63) is 64.1 Å². The highest BCUT2D eigenvalue weighted by atomic mass is 35.5. The number of hydrogen-bond donors (Lipinski definition) is 2. The third-order valence-electron chi connectivity index (χ3n) is 7.25. The van der Waals surface area contributed by atoms with E-state index >= 15 is 0 Å². The monoisotopic (exact) mass is 518 g/mol. The number of rotatable bonds is 8. The van der Waals surface area contributed by atoms with Gasteiger partial charge in [-0.3, -0.25) is 9.59 Å². The first-order valence-corrected chi connectivity index (χ1v) is 12.7. The molecule has 2 amide bonds. The second-order valence-corrected chi connectivity index (χ2v) is 10.3. The molecule has 35 heavy (non-hydrogen) atoms. The molecule has 2 fully saturated rings. The number of carbonyl (C=O) groups excluding carboxylic acids is 2. The van der Waals surface area contributed by atoms with Gasteiger partial charge in [-0.15, -0.1) is 0 Å². The molecular weight excluding hydrogens is 487 g/mol. The van der Waals surface area contributed by atoms with E-state index in [-0.39, 0.29) is 11.8 Å².